The third-order valence-electron chi connectivity index (χ3n) is 6.20. The van der Waals surface area contributed by atoms with Crippen molar-refractivity contribution in [1.29, 1.82) is 0 Å². The normalized spacial score (nSPS) is 25.3. The molecule has 0 unspecified atom stereocenters. The summed E-state index contributed by atoms with van der Waals surface area (Å²) in [7, 11) is -2.90. The number of carbonyl (C=O) groups excluding carboxylic acids is 1. The Labute approximate surface area is 165 Å². The van der Waals surface area contributed by atoms with E-state index < -0.39 is 9.84 Å². The third-order valence-corrected chi connectivity index (χ3v) is 7.95. The van der Waals surface area contributed by atoms with Crippen molar-refractivity contribution in [2.45, 2.75) is 51.1 Å². The van der Waals surface area contributed by atoms with Gasteiger partial charge in [0.25, 0.3) is 5.56 Å². The first-order valence-electron chi connectivity index (χ1n) is 10.2. The largest absolute Gasteiger partial charge is 0.339 e. The average molecular weight is 409 g/mol. The number of nitrogens with zero attached hydrogens (tertiary/aromatic N) is 4. The van der Waals surface area contributed by atoms with Gasteiger partial charge in [-0.05, 0) is 37.7 Å². The maximum Gasteiger partial charge on any atom is 0.267 e. The molecule has 154 valence electrons. The number of sulfone groups is 1. The molecule has 0 radical (unpaired) electrons. The van der Waals surface area contributed by atoms with Crippen LogP contribution in [0.2, 0.25) is 0 Å². The third kappa shape index (κ3) is 4.30. The molecule has 1 atom stereocenters. The highest BCUT2D eigenvalue weighted by atomic mass is 32.2. The van der Waals surface area contributed by atoms with Crippen LogP contribution in [0.1, 0.15) is 36.9 Å². The minimum Gasteiger partial charge on any atom is -0.339 e. The summed E-state index contributed by atoms with van der Waals surface area (Å²) in [5.74, 6) is 0.404. The van der Waals surface area contributed by atoms with Gasteiger partial charge in [-0.15, -0.1) is 0 Å². The summed E-state index contributed by atoms with van der Waals surface area (Å²) in [5, 5.41) is 4.48. The maximum absolute atomic E-state index is 12.7. The van der Waals surface area contributed by atoms with E-state index in [4.69, 9.17) is 0 Å². The van der Waals surface area contributed by atoms with Crippen molar-refractivity contribution in [3.05, 3.63) is 27.7 Å². The van der Waals surface area contributed by atoms with Gasteiger partial charge >= 0.3 is 0 Å². The number of hydrogen-bond acceptors (Lipinski definition) is 6. The Hall–Kier alpha value is -1.74. The number of fused-ring (bicyclic) bond motifs is 1. The van der Waals surface area contributed by atoms with E-state index in [0.29, 0.717) is 32.6 Å². The van der Waals surface area contributed by atoms with Gasteiger partial charge in [0.05, 0.1) is 17.2 Å². The van der Waals surface area contributed by atoms with Crippen molar-refractivity contribution in [2.24, 2.45) is 0 Å². The molecule has 1 amide bonds. The summed E-state index contributed by atoms with van der Waals surface area (Å²) in [5.41, 5.74) is 1.78. The lowest BCUT2D eigenvalue weighted by Gasteiger charge is -2.37. The van der Waals surface area contributed by atoms with Crippen molar-refractivity contribution >= 4 is 15.7 Å². The Bertz CT molecular complexity index is 903. The zero-order valence-corrected chi connectivity index (χ0v) is 17.0. The summed E-state index contributed by atoms with van der Waals surface area (Å²) in [6, 6.07) is 1.73. The molecule has 3 aliphatic rings. The number of aryl methyl sites for hydroxylation is 2. The Morgan fingerprint density at radius 2 is 1.86 bits per heavy atom. The molecule has 0 N–H and O–H groups in total. The molecule has 4 rings (SSSR count). The summed E-state index contributed by atoms with van der Waals surface area (Å²) in [6.45, 7) is 2.46. The van der Waals surface area contributed by atoms with E-state index in [0.717, 1.165) is 43.4 Å². The molecule has 1 aromatic rings. The SMILES string of the molecule is O=C(Cn1nc2c(cc1=O)CCCCC2)N1CCN([C@H]2CCS(=O)(=O)C2)CC1. The van der Waals surface area contributed by atoms with Crippen molar-refractivity contribution in [2.75, 3.05) is 37.7 Å². The lowest BCUT2D eigenvalue weighted by Crippen LogP contribution is -2.53. The van der Waals surface area contributed by atoms with E-state index in [-0.39, 0.29) is 35.6 Å². The highest BCUT2D eigenvalue weighted by Gasteiger charge is 2.34. The monoisotopic (exact) mass is 408 g/mol. The molecule has 1 aliphatic carbocycles. The zero-order valence-electron chi connectivity index (χ0n) is 16.2. The first-order chi connectivity index (χ1) is 13.4. The van der Waals surface area contributed by atoms with Crippen LogP contribution in [0, 0.1) is 0 Å². The van der Waals surface area contributed by atoms with E-state index in [1.54, 1.807) is 11.0 Å². The van der Waals surface area contributed by atoms with Crippen LogP contribution in [0.3, 0.4) is 0 Å². The van der Waals surface area contributed by atoms with E-state index in [1.165, 1.54) is 4.68 Å². The summed E-state index contributed by atoms with van der Waals surface area (Å²) >= 11 is 0. The molecule has 28 heavy (non-hydrogen) atoms. The summed E-state index contributed by atoms with van der Waals surface area (Å²) in [4.78, 5) is 29.0. The number of piperazine rings is 1. The van der Waals surface area contributed by atoms with Crippen LogP contribution in [-0.4, -0.2) is 77.6 Å². The van der Waals surface area contributed by atoms with Crippen LogP contribution < -0.4 is 5.56 Å². The quantitative estimate of drug-likeness (QED) is 0.646. The standard InChI is InChI=1S/C19H28N4O4S/c24-18-12-15-4-2-1-3-5-17(15)20-23(18)13-19(25)22-9-7-21(8-10-22)16-6-11-28(26,27)14-16/h12,16H,1-11,13-14H2/t16-/m0/s1. The fourth-order valence-electron chi connectivity index (χ4n) is 4.52. The molecule has 1 aromatic heterocycles. The maximum atomic E-state index is 12.7. The molecular weight excluding hydrogens is 380 g/mol. The van der Waals surface area contributed by atoms with Crippen molar-refractivity contribution in [3.63, 3.8) is 0 Å². The van der Waals surface area contributed by atoms with E-state index in [1.807, 2.05) is 0 Å². The molecule has 0 bridgehead atoms. The second-order valence-corrected chi connectivity index (χ2v) is 10.4. The van der Waals surface area contributed by atoms with Gasteiger partial charge in [-0.2, -0.15) is 5.10 Å². The van der Waals surface area contributed by atoms with E-state index in [2.05, 4.69) is 10.00 Å². The van der Waals surface area contributed by atoms with Gasteiger partial charge in [-0.25, -0.2) is 13.1 Å². The minimum absolute atomic E-state index is 0.0239. The van der Waals surface area contributed by atoms with Gasteiger partial charge in [-0.1, -0.05) is 6.42 Å². The van der Waals surface area contributed by atoms with Gasteiger partial charge in [0, 0.05) is 38.3 Å². The van der Waals surface area contributed by atoms with Crippen molar-refractivity contribution in [1.82, 2.24) is 19.6 Å². The molecule has 0 aromatic carbocycles. The van der Waals surface area contributed by atoms with Crippen LogP contribution in [0.5, 0.6) is 0 Å². The molecule has 2 saturated heterocycles. The average Bonchev–Trinajstić information content (AvgIpc) is 2.89. The van der Waals surface area contributed by atoms with Gasteiger partial charge in [0.1, 0.15) is 6.54 Å². The number of amides is 1. The van der Waals surface area contributed by atoms with Gasteiger partial charge in [0.15, 0.2) is 9.84 Å². The molecule has 8 nitrogen and oxygen atoms in total. The Kier molecular flexibility index (Phi) is 5.55. The molecule has 0 spiro atoms. The second-order valence-electron chi connectivity index (χ2n) is 8.15. The van der Waals surface area contributed by atoms with Crippen molar-refractivity contribution < 1.29 is 13.2 Å². The molecule has 2 fully saturated rings. The lowest BCUT2D eigenvalue weighted by atomic mass is 10.1. The lowest BCUT2D eigenvalue weighted by molar-refractivity contribution is -0.134. The first-order valence-corrected chi connectivity index (χ1v) is 12.1. The summed E-state index contributed by atoms with van der Waals surface area (Å²) < 4.78 is 24.7. The number of rotatable bonds is 3. The van der Waals surface area contributed by atoms with E-state index in [9.17, 15) is 18.0 Å². The predicted molar refractivity (Wildman–Crippen MR) is 105 cm³/mol. The second kappa shape index (κ2) is 7.94. The highest BCUT2D eigenvalue weighted by Crippen LogP contribution is 2.20. The van der Waals surface area contributed by atoms with Crippen LogP contribution in [0.25, 0.3) is 0 Å². The van der Waals surface area contributed by atoms with Gasteiger partial charge in [-0.3, -0.25) is 14.5 Å². The Morgan fingerprint density at radius 1 is 1.11 bits per heavy atom. The van der Waals surface area contributed by atoms with Crippen LogP contribution >= 0.6 is 0 Å². The number of aromatic nitrogens is 2. The summed E-state index contributed by atoms with van der Waals surface area (Å²) in [6.07, 6.45) is 5.76. The molecule has 2 aliphatic heterocycles. The molecule has 3 heterocycles. The van der Waals surface area contributed by atoms with Gasteiger partial charge in [0.2, 0.25) is 5.91 Å². The molecule has 0 saturated carbocycles. The van der Waals surface area contributed by atoms with E-state index >= 15 is 0 Å². The topological polar surface area (TPSA) is 92.6 Å². The van der Waals surface area contributed by atoms with Crippen LogP contribution in [0.15, 0.2) is 10.9 Å². The molecule has 9 heteroatoms. The number of carbonyl (C=O) groups is 1. The fraction of sp³-hybridized carbons (Fsp3) is 0.737. The Balaban J connectivity index is 1.36. The zero-order chi connectivity index (χ0) is 19.7. The smallest absolute Gasteiger partial charge is 0.267 e. The minimum atomic E-state index is -2.90. The van der Waals surface area contributed by atoms with Crippen molar-refractivity contribution in [3.8, 4) is 0 Å². The highest BCUT2D eigenvalue weighted by molar-refractivity contribution is 7.91. The first kappa shape index (κ1) is 19.6. The number of hydrogen-bond donors (Lipinski definition) is 0. The van der Waals surface area contributed by atoms with Gasteiger partial charge < -0.3 is 4.90 Å². The molecular formula is C19H28N4O4S. The Morgan fingerprint density at radius 3 is 2.57 bits per heavy atom. The fourth-order valence-corrected chi connectivity index (χ4v) is 6.28. The predicted octanol–water partition coefficient (Wildman–Crippen LogP) is -0.156. The van der Waals surface area contributed by atoms with Crippen LogP contribution in [-0.2, 0) is 34.0 Å². The van der Waals surface area contributed by atoms with Crippen LogP contribution in [0.4, 0.5) is 0 Å².